The van der Waals surface area contributed by atoms with Gasteiger partial charge in [0.25, 0.3) is 0 Å². The molecule has 0 radical (unpaired) electrons. The van der Waals surface area contributed by atoms with E-state index in [1.807, 2.05) is 0 Å². The summed E-state index contributed by atoms with van der Waals surface area (Å²) in [4.78, 5) is 8.74. The molecule has 0 atom stereocenters. The molecule has 0 aliphatic rings. The maximum Gasteiger partial charge on any atom is 0.164 e. The molecule has 3 nitrogen and oxygen atoms in total. The molecule has 0 saturated heterocycles. The lowest BCUT2D eigenvalue weighted by Crippen LogP contribution is -2.03. The van der Waals surface area contributed by atoms with Crippen LogP contribution in [0.2, 0.25) is 10.0 Å². The second-order valence-corrected chi connectivity index (χ2v) is 5.68. The van der Waals surface area contributed by atoms with Gasteiger partial charge in [0, 0.05) is 23.5 Å². The van der Waals surface area contributed by atoms with Crippen molar-refractivity contribution in [2.45, 2.75) is 6.42 Å². The zero-order chi connectivity index (χ0) is 15.0. The Bertz CT molecular complexity index is 796. The van der Waals surface area contributed by atoms with E-state index in [1.54, 1.807) is 16.7 Å². The first kappa shape index (κ1) is 14.6. The van der Waals surface area contributed by atoms with Crippen LogP contribution in [0.1, 0.15) is 5.82 Å². The van der Waals surface area contributed by atoms with E-state index in [0.29, 0.717) is 45.0 Å². The van der Waals surface area contributed by atoms with Crippen molar-refractivity contribution in [1.29, 1.82) is 0 Å². The first-order valence-corrected chi connectivity index (χ1v) is 7.43. The van der Waals surface area contributed by atoms with Gasteiger partial charge in [0.2, 0.25) is 0 Å². The number of benzene rings is 1. The predicted molar refractivity (Wildman–Crippen MR) is 83.3 cm³/mol. The van der Waals surface area contributed by atoms with Crippen LogP contribution in [0.5, 0.6) is 0 Å². The number of hydrogen-bond acceptors (Lipinski definition) is 2. The summed E-state index contributed by atoms with van der Waals surface area (Å²) in [6.07, 6.45) is 2.04. The van der Waals surface area contributed by atoms with Gasteiger partial charge in [0.15, 0.2) is 5.65 Å². The second-order valence-electron chi connectivity index (χ2n) is 4.43. The summed E-state index contributed by atoms with van der Waals surface area (Å²) >= 11 is 17.7. The fourth-order valence-corrected chi connectivity index (χ4v) is 2.72. The average molecular weight is 345 g/mol. The SMILES string of the molecule is Fc1cc(Cl)cc(-n2c(CCCl)nc3cc(Cl)cnc32)c1. The summed E-state index contributed by atoms with van der Waals surface area (Å²) < 4.78 is 15.4. The minimum absolute atomic E-state index is 0.303. The van der Waals surface area contributed by atoms with Gasteiger partial charge in [-0.15, -0.1) is 11.6 Å². The smallest absolute Gasteiger partial charge is 0.164 e. The molecule has 0 spiro atoms. The zero-order valence-electron chi connectivity index (χ0n) is 10.7. The summed E-state index contributed by atoms with van der Waals surface area (Å²) in [6.45, 7) is 0. The molecule has 21 heavy (non-hydrogen) atoms. The lowest BCUT2D eigenvalue weighted by Gasteiger charge is -2.08. The van der Waals surface area contributed by atoms with Crippen LogP contribution in [0.15, 0.2) is 30.5 Å². The number of hydrogen-bond donors (Lipinski definition) is 0. The Hall–Kier alpha value is -1.36. The van der Waals surface area contributed by atoms with Gasteiger partial charge >= 0.3 is 0 Å². The summed E-state index contributed by atoms with van der Waals surface area (Å²) in [5.41, 5.74) is 1.77. The molecular weight excluding hydrogens is 336 g/mol. The highest BCUT2D eigenvalue weighted by Crippen LogP contribution is 2.25. The molecule has 0 amide bonds. The maximum absolute atomic E-state index is 13.6. The summed E-state index contributed by atoms with van der Waals surface area (Å²) in [5.74, 6) is 0.640. The van der Waals surface area contributed by atoms with E-state index in [4.69, 9.17) is 34.8 Å². The van der Waals surface area contributed by atoms with E-state index < -0.39 is 5.82 Å². The van der Waals surface area contributed by atoms with Crippen LogP contribution < -0.4 is 0 Å². The van der Waals surface area contributed by atoms with Gasteiger partial charge in [0.05, 0.1) is 10.7 Å². The number of fused-ring (bicyclic) bond motifs is 1. The van der Waals surface area contributed by atoms with Crippen LogP contribution in [0.4, 0.5) is 4.39 Å². The molecule has 3 aromatic rings. The van der Waals surface area contributed by atoms with Gasteiger partial charge < -0.3 is 0 Å². The van der Waals surface area contributed by atoms with Gasteiger partial charge in [-0.2, -0.15) is 0 Å². The third kappa shape index (κ3) is 2.84. The lowest BCUT2D eigenvalue weighted by molar-refractivity contribution is 0.626. The van der Waals surface area contributed by atoms with Crippen LogP contribution in [-0.4, -0.2) is 20.4 Å². The Morgan fingerprint density at radius 2 is 1.90 bits per heavy atom. The predicted octanol–water partition coefficient (Wildman–Crippen LogP) is 4.65. The monoisotopic (exact) mass is 343 g/mol. The van der Waals surface area contributed by atoms with Crippen molar-refractivity contribution >= 4 is 46.0 Å². The lowest BCUT2D eigenvalue weighted by atomic mass is 10.3. The Kier molecular flexibility index (Phi) is 4.02. The van der Waals surface area contributed by atoms with Crippen molar-refractivity contribution in [2.24, 2.45) is 0 Å². The number of halogens is 4. The minimum Gasteiger partial charge on any atom is -0.281 e. The fourth-order valence-electron chi connectivity index (χ4n) is 2.18. The summed E-state index contributed by atoms with van der Waals surface area (Å²) in [5, 5.41) is 0.791. The van der Waals surface area contributed by atoms with Crippen molar-refractivity contribution < 1.29 is 4.39 Å². The van der Waals surface area contributed by atoms with Crippen LogP contribution in [0.3, 0.4) is 0 Å². The number of alkyl halides is 1. The molecule has 108 valence electrons. The fraction of sp³-hybridized carbons (Fsp3) is 0.143. The standard InChI is InChI=1S/C14H9Cl3FN3/c15-2-1-13-20-12-5-9(17)7-19-14(12)21(13)11-4-8(16)3-10(18)6-11/h3-7H,1-2H2. The molecule has 0 saturated carbocycles. The molecule has 0 unspecified atom stereocenters. The number of aromatic nitrogens is 3. The first-order chi connectivity index (χ1) is 10.1. The number of aryl methyl sites for hydroxylation is 1. The maximum atomic E-state index is 13.6. The molecule has 2 aromatic heterocycles. The summed E-state index contributed by atoms with van der Waals surface area (Å²) in [6, 6.07) is 5.98. The molecule has 0 aliphatic carbocycles. The molecule has 0 aliphatic heterocycles. The van der Waals surface area contributed by atoms with E-state index in [2.05, 4.69) is 9.97 Å². The number of rotatable bonds is 3. The first-order valence-electron chi connectivity index (χ1n) is 6.14. The van der Waals surface area contributed by atoms with Crippen LogP contribution >= 0.6 is 34.8 Å². The largest absolute Gasteiger partial charge is 0.281 e. The van der Waals surface area contributed by atoms with Gasteiger partial charge in [-0.1, -0.05) is 23.2 Å². The molecule has 7 heteroatoms. The van der Waals surface area contributed by atoms with Crippen molar-refractivity contribution in [2.75, 3.05) is 5.88 Å². The van der Waals surface area contributed by atoms with Crippen LogP contribution in [0.25, 0.3) is 16.9 Å². The van der Waals surface area contributed by atoms with Gasteiger partial charge in [-0.05, 0) is 24.3 Å². The highest BCUT2D eigenvalue weighted by Gasteiger charge is 2.15. The quantitative estimate of drug-likeness (QED) is 0.648. The zero-order valence-corrected chi connectivity index (χ0v) is 12.9. The normalized spacial score (nSPS) is 11.2. The van der Waals surface area contributed by atoms with Crippen LogP contribution in [0, 0.1) is 5.82 Å². The molecule has 2 heterocycles. The topological polar surface area (TPSA) is 30.7 Å². The van der Waals surface area contributed by atoms with Gasteiger partial charge in [-0.3, -0.25) is 4.57 Å². The average Bonchev–Trinajstić information content (AvgIpc) is 2.75. The van der Waals surface area contributed by atoms with E-state index in [-0.39, 0.29) is 0 Å². The third-order valence-corrected chi connectivity index (χ3v) is 3.57. The number of nitrogens with zero attached hydrogens (tertiary/aromatic N) is 3. The second kappa shape index (κ2) is 5.79. The van der Waals surface area contributed by atoms with Crippen molar-refractivity contribution in [3.63, 3.8) is 0 Å². The van der Waals surface area contributed by atoms with E-state index in [0.717, 1.165) is 0 Å². The van der Waals surface area contributed by atoms with E-state index >= 15 is 0 Å². The molecule has 0 fully saturated rings. The van der Waals surface area contributed by atoms with Crippen molar-refractivity contribution in [3.8, 4) is 5.69 Å². The highest BCUT2D eigenvalue weighted by atomic mass is 35.5. The Labute approximate surface area is 135 Å². The molecule has 0 bridgehead atoms. The Morgan fingerprint density at radius 1 is 1.10 bits per heavy atom. The number of pyridine rings is 1. The molecule has 0 N–H and O–H groups in total. The highest BCUT2D eigenvalue weighted by molar-refractivity contribution is 6.31. The molecule has 1 aromatic carbocycles. The Balaban J connectivity index is 2.30. The minimum atomic E-state index is -0.426. The van der Waals surface area contributed by atoms with Crippen molar-refractivity contribution in [1.82, 2.24) is 14.5 Å². The number of imidazole rings is 1. The summed E-state index contributed by atoms with van der Waals surface area (Å²) in [7, 11) is 0. The van der Waals surface area contributed by atoms with Crippen molar-refractivity contribution in [3.05, 3.63) is 52.1 Å². The van der Waals surface area contributed by atoms with Gasteiger partial charge in [-0.25, -0.2) is 14.4 Å². The van der Waals surface area contributed by atoms with Crippen LogP contribution in [-0.2, 0) is 6.42 Å². The Morgan fingerprint density at radius 3 is 2.62 bits per heavy atom. The van der Waals surface area contributed by atoms with E-state index in [9.17, 15) is 4.39 Å². The third-order valence-electron chi connectivity index (χ3n) is 2.96. The molecular formula is C14H9Cl3FN3. The molecule has 3 rings (SSSR count). The van der Waals surface area contributed by atoms with Gasteiger partial charge in [0.1, 0.15) is 17.2 Å². The van der Waals surface area contributed by atoms with E-state index in [1.165, 1.54) is 18.3 Å².